The number of non-ortho nitro benzene ring substituents is 1. The predicted molar refractivity (Wildman–Crippen MR) is 74.0 cm³/mol. The SMILES string of the molecule is CCC(C)C(=O)C(c1ccc([N+](=O)[O-])cc1)N(C)C. The van der Waals surface area contributed by atoms with Crippen LogP contribution in [0.1, 0.15) is 31.9 Å². The van der Waals surface area contributed by atoms with E-state index in [4.69, 9.17) is 0 Å². The summed E-state index contributed by atoms with van der Waals surface area (Å²) < 4.78 is 0. The maximum Gasteiger partial charge on any atom is 0.269 e. The highest BCUT2D eigenvalue weighted by Crippen LogP contribution is 2.25. The maximum absolute atomic E-state index is 12.4. The fraction of sp³-hybridized carbons (Fsp3) is 0.500. The van der Waals surface area contributed by atoms with E-state index in [-0.39, 0.29) is 23.4 Å². The first-order valence-electron chi connectivity index (χ1n) is 6.33. The molecule has 2 atom stereocenters. The van der Waals surface area contributed by atoms with Gasteiger partial charge in [-0.15, -0.1) is 0 Å². The van der Waals surface area contributed by atoms with Crippen LogP contribution in [0.5, 0.6) is 0 Å². The topological polar surface area (TPSA) is 63.4 Å². The van der Waals surface area contributed by atoms with E-state index in [1.54, 1.807) is 12.1 Å². The number of hydrogen-bond acceptors (Lipinski definition) is 4. The molecule has 5 heteroatoms. The number of likely N-dealkylation sites (N-methyl/N-ethyl adjacent to an activating group) is 1. The molecule has 0 fully saturated rings. The summed E-state index contributed by atoms with van der Waals surface area (Å²) in [5.74, 6) is 0.115. The number of benzene rings is 1. The fourth-order valence-corrected chi connectivity index (χ4v) is 1.97. The first-order chi connectivity index (χ1) is 8.88. The predicted octanol–water partition coefficient (Wildman–Crippen LogP) is 2.81. The highest BCUT2D eigenvalue weighted by molar-refractivity contribution is 5.87. The molecule has 5 nitrogen and oxygen atoms in total. The molecule has 1 rings (SSSR count). The molecule has 0 spiro atoms. The van der Waals surface area contributed by atoms with Gasteiger partial charge in [-0.2, -0.15) is 0 Å². The van der Waals surface area contributed by atoms with Gasteiger partial charge in [0.1, 0.15) is 0 Å². The highest BCUT2D eigenvalue weighted by Gasteiger charge is 2.26. The van der Waals surface area contributed by atoms with Crippen LogP contribution in [0.3, 0.4) is 0 Å². The second kappa shape index (κ2) is 6.43. The third-order valence-electron chi connectivity index (χ3n) is 3.30. The number of nitro benzene ring substituents is 1. The number of nitrogens with zero attached hydrogens (tertiary/aromatic N) is 2. The Morgan fingerprint density at radius 3 is 2.21 bits per heavy atom. The standard InChI is InChI=1S/C14H20N2O3/c1-5-10(2)14(17)13(15(3)4)11-6-8-12(9-7-11)16(18)19/h6-10,13H,5H2,1-4H3. The Balaban J connectivity index is 3.06. The van der Waals surface area contributed by atoms with Gasteiger partial charge in [0, 0.05) is 18.1 Å². The Labute approximate surface area is 113 Å². The first kappa shape index (κ1) is 15.3. The Morgan fingerprint density at radius 1 is 1.32 bits per heavy atom. The zero-order valence-electron chi connectivity index (χ0n) is 11.8. The largest absolute Gasteiger partial charge is 0.297 e. The van der Waals surface area contributed by atoms with Crippen LogP contribution in [0.4, 0.5) is 5.69 Å². The van der Waals surface area contributed by atoms with Crippen molar-refractivity contribution in [2.24, 2.45) is 5.92 Å². The lowest BCUT2D eigenvalue weighted by Gasteiger charge is -2.25. The average Bonchev–Trinajstić information content (AvgIpc) is 2.38. The molecule has 19 heavy (non-hydrogen) atoms. The van der Waals surface area contributed by atoms with Crippen LogP contribution in [0.25, 0.3) is 0 Å². The molecule has 2 unspecified atom stereocenters. The van der Waals surface area contributed by atoms with E-state index in [0.29, 0.717) is 0 Å². The summed E-state index contributed by atoms with van der Waals surface area (Å²) in [6.07, 6.45) is 0.788. The van der Waals surface area contributed by atoms with Crippen molar-refractivity contribution in [2.45, 2.75) is 26.3 Å². The molecule has 0 heterocycles. The van der Waals surface area contributed by atoms with Crippen molar-refractivity contribution in [3.63, 3.8) is 0 Å². The first-order valence-corrected chi connectivity index (χ1v) is 6.33. The molecule has 0 N–H and O–H groups in total. The Morgan fingerprint density at radius 2 is 1.84 bits per heavy atom. The molecule has 0 amide bonds. The van der Waals surface area contributed by atoms with Crippen LogP contribution in [0.15, 0.2) is 24.3 Å². The number of carbonyl (C=O) groups is 1. The lowest BCUT2D eigenvalue weighted by atomic mass is 9.92. The van der Waals surface area contributed by atoms with Gasteiger partial charge in [-0.3, -0.25) is 19.8 Å². The molecule has 104 valence electrons. The average molecular weight is 264 g/mol. The van der Waals surface area contributed by atoms with Gasteiger partial charge in [0.05, 0.1) is 11.0 Å². The van der Waals surface area contributed by atoms with Crippen molar-refractivity contribution in [1.29, 1.82) is 0 Å². The summed E-state index contributed by atoms with van der Waals surface area (Å²) in [6, 6.07) is 5.84. The van der Waals surface area contributed by atoms with Crippen LogP contribution in [-0.4, -0.2) is 29.7 Å². The molecule has 0 aromatic heterocycles. The molecule has 0 aliphatic rings. The Kier molecular flexibility index (Phi) is 5.18. The third-order valence-corrected chi connectivity index (χ3v) is 3.30. The summed E-state index contributed by atoms with van der Waals surface area (Å²) in [4.78, 5) is 24.4. The summed E-state index contributed by atoms with van der Waals surface area (Å²) >= 11 is 0. The molecule has 0 saturated heterocycles. The Bertz CT molecular complexity index is 454. The van der Waals surface area contributed by atoms with E-state index in [0.717, 1.165) is 12.0 Å². The molecular formula is C14H20N2O3. The third kappa shape index (κ3) is 3.61. The van der Waals surface area contributed by atoms with Gasteiger partial charge in [-0.05, 0) is 26.1 Å². The van der Waals surface area contributed by atoms with E-state index in [9.17, 15) is 14.9 Å². The van der Waals surface area contributed by atoms with Gasteiger partial charge in [0.15, 0.2) is 5.78 Å². The van der Waals surface area contributed by atoms with Gasteiger partial charge in [-0.25, -0.2) is 0 Å². The zero-order chi connectivity index (χ0) is 14.6. The van der Waals surface area contributed by atoms with Crippen LogP contribution in [0.2, 0.25) is 0 Å². The number of ketones is 1. The minimum Gasteiger partial charge on any atom is -0.297 e. The quantitative estimate of drug-likeness (QED) is 0.585. The molecule has 0 bridgehead atoms. The van der Waals surface area contributed by atoms with E-state index in [2.05, 4.69) is 0 Å². The van der Waals surface area contributed by atoms with E-state index in [1.165, 1.54) is 12.1 Å². The van der Waals surface area contributed by atoms with Gasteiger partial charge in [-0.1, -0.05) is 26.0 Å². The van der Waals surface area contributed by atoms with E-state index < -0.39 is 4.92 Å². The molecular weight excluding hydrogens is 244 g/mol. The van der Waals surface area contributed by atoms with Gasteiger partial charge < -0.3 is 0 Å². The normalized spacial score (nSPS) is 14.2. The number of carbonyl (C=O) groups excluding carboxylic acids is 1. The lowest BCUT2D eigenvalue weighted by molar-refractivity contribution is -0.384. The number of hydrogen-bond donors (Lipinski definition) is 0. The second-order valence-electron chi connectivity index (χ2n) is 4.93. The number of Topliss-reactive ketones (excluding diaryl/α,β-unsaturated/α-hetero) is 1. The van der Waals surface area contributed by atoms with E-state index >= 15 is 0 Å². The van der Waals surface area contributed by atoms with Crippen molar-refractivity contribution in [3.8, 4) is 0 Å². The fourth-order valence-electron chi connectivity index (χ4n) is 1.97. The lowest BCUT2D eigenvalue weighted by Crippen LogP contribution is -2.31. The van der Waals surface area contributed by atoms with Crippen molar-refractivity contribution in [3.05, 3.63) is 39.9 Å². The van der Waals surface area contributed by atoms with Crippen LogP contribution >= 0.6 is 0 Å². The summed E-state index contributed by atoms with van der Waals surface area (Å²) in [6.45, 7) is 3.88. The van der Waals surface area contributed by atoms with Crippen molar-refractivity contribution >= 4 is 11.5 Å². The smallest absolute Gasteiger partial charge is 0.269 e. The molecule has 0 aliphatic heterocycles. The molecule has 1 aromatic rings. The molecule has 1 aromatic carbocycles. The van der Waals surface area contributed by atoms with Gasteiger partial charge >= 0.3 is 0 Å². The van der Waals surface area contributed by atoms with Crippen molar-refractivity contribution in [1.82, 2.24) is 4.90 Å². The Hall–Kier alpha value is -1.75. The zero-order valence-corrected chi connectivity index (χ0v) is 11.8. The number of rotatable bonds is 6. The molecule has 0 aliphatic carbocycles. The summed E-state index contributed by atoms with van der Waals surface area (Å²) in [7, 11) is 3.68. The van der Waals surface area contributed by atoms with Crippen molar-refractivity contribution in [2.75, 3.05) is 14.1 Å². The van der Waals surface area contributed by atoms with E-state index in [1.807, 2.05) is 32.8 Å². The van der Waals surface area contributed by atoms with Gasteiger partial charge in [0.25, 0.3) is 5.69 Å². The summed E-state index contributed by atoms with van der Waals surface area (Å²) in [5.41, 5.74) is 0.832. The van der Waals surface area contributed by atoms with Crippen LogP contribution in [-0.2, 0) is 4.79 Å². The monoisotopic (exact) mass is 264 g/mol. The summed E-state index contributed by atoms with van der Waals surface area (Å²) in [5, 5.41) is 10.6. The minimum absolute atomic E-state index is 0.0254. The maximum atomic E-state index is 12.4. The molecule has 0 radical (unpaired) electrons. The number of nitro groups is 1. The minimum atomic E-state index is -0.440. The van der Waals surface area contributed by atoms with Crippen LogP contribution < -0.4 is 0 Å². The van der Waals surface area contributed by atoms with Crippen LogP contribution in [0, 0.1) is 16.0 Å². The van der Waals surface area contributed by atoms with Gasteiger partial charge in [0.2, 0.25) is 0 Å². The second-order valence-corrected chi connectivity index (χ2v) is 4.93. The highest BCUT2D eigenvalue weighted by atomic mass is 16.6. The van der Waals surface area contributed by atoms with Crippen molar-refractivity contribution < 1.29 is 9.72 Å². The molecule has 0 saturated carbocycles.